The lowest BCUT2D eigenvalue weighted by atomic mass is 10.1. The number of halogens is 3. The van der Waals surface area contributed by atoms with E-state index >= 15 is 0 Å². The van der Waals surface area contributed by atoms with Crippen LogP contribution in [-0.2, 0) is 0 Å². The Labute approximate surface area is 135 Å². The van der Waals surface area contributed by atoms with Crippen LogP contribution in [0, 0.1) is 0 Å². The maximum absolute atomic E-state index is 12.1. The molecule has 0 spiro atoms. The minimum absolute atomic E-state index is 0.00279. The molecule has 0 aliphatic rings. The van der Waals surface area contributed by atoms with Crippen LogP contribution >= 0.6 is 34.8 Å². The van der Waals surface area contributed by atoms with Crippen molar-refractivity contribution in [2.24, 2.45) is 0 Å². The number of amides is 1. The second-order valence-electron chi connectivity index (χ2n) is 4.08. The molecule has 21 heavy (non-hydrogen) atoms. The summed E-state index contributed by atoms with van der Waals surface area (Å²) >= 11 is 17.5. The molecule has 0 radical (unpaired) electrons. The third-order valence-electron chi connectivity index (χ3n) is 2.64. The average Bonchev–Trinajstić information content (AvgIpc) is 2.42. The number of aromatic carboxylic acids is 1. The Balaban J connectivity index is 2.30. The highest BCUT2D eigenvalue weighted by atomic mass is 35.5. The summed E-state index contributed by atoms with van der Waals surface area (Å²) in [4.78, 5) is 23.1. The molecule has 0 saturated carbocycles. The van der Waals surface area contributed by atoms with Crippen molar-refractivity contribution in [2.75, 3.05) is 5.32 Å². The van der Waals surface area contributed by atoms with E-state index < -0.39 is 11.9 Å². The Morgan fingerprint density at radius 1 is 0.952 bits per heavy atom. The summed E-state index contributed by atoms with van der Waals surface area (Å²) in [5.41, 5.74) is 0.383. The van der Waals surface area contributed by atoms with Crippen LogP contribution in [0.4, 0.5) is 5.69 Å². The van der Waals surface area contributed by atoms with Crippen molar-refractivity contribution in [2.45, 2.75) is 0 Å². The number of carboxylic acids is 1. The molecule has 4 nitrogen and oxygen atoms in total. The maximum Gasteiger partial charge on any atom is 0.337 e. The van der Waals surface area contributed by atoms with E-state index in [0.717, 1.165) is 0 Å². The second-order valence-corrected chi connectivity index (χ2v) is 5.33. The van der Waals surface area contributed by atoms with Gasteiger partial charge in [0.2, 0.25) is 0 Å². The van der Waals surface area contributed by atoms with Gasteiger partial charge in [0.25, 0.3) is 5.91 Å². The van der Waals surface area contributed by atoms with Crippen LogP contribution in [0.15, 0.2) is 36.4 Å². The summed E-state index contributed by atoms with van der Waals surface area (Å²) in [5.74, 6) is -1.65. The molecular weight excluding hydrogens is 337 g/mol. The first-order valence-corrected chi connectivity index (χ1v) is 6.81. The van der Waals surface area contributed by atoms with Gasteiger partial charge in [-0.1, -0.05) is 34.8 Å². The molecule has 0 heterocycles. The molecule has 0 aliphatic carbocycles. The summed E-state index contributed by atoms with van der Waals surface area (Å²) < 4.78 is 0. The quantitative estimate of drug-likeness (QED) is 0.855. The van der Waals surface area contributed by atoms with Crippen LogP contribution in [0.25, 0.3) is 0 Å². The number of nitrogens with one attached hydrogen (secondary N) is 1. The zero-order chi connectivity index (χ0) is 15.6. The number of benzene rings is 2. The lowest BCUT2D eigenvalue weighted by Crippen LogP contribution is -2.13. The zero-order valence-corrected chi connectivity index (χ0v) is 12.6. The van der Waals surface area contributed by atoms with Gasteiger partial charge in [-0.25, -0.2) is 4.79 Å². The van der Waals surface area contributed by atoms with Gasteiger partial charge in [0.15, 0.2) is 0 Å². The number of carbonyl (C=O) groups is 2. The molecule has 0 aromatic heterocycles. The molecule has 2 N–H and O–H groups in total. The Morgan fingerprint density at radius 2 is 1.57 bits per heavy atom. The molecule has 1 amide bonds. The fourth-order valence-corrected chi connectivity index (χ4v) is 2.24. The van der Waals surface area contributed by atoms with E-state index in [1.807, 2.05) is 0 Å². The lowest BCUT2D eigenvalue weighted by molar-refractivity contribution is 0.0696. The molecule has 0 atom stereocenters. The van der Waals surface area contributed by atoms with Crippen molar-refractivity contribution in [3.05, 3.63) is 62.6 Å². The van der Waals surface area contributed by atoms with E-state index in [0.29, 0.717) is 10.6 Å². The van der Waals surface area contributed by atoms with Crippen LogP contribution in [0.2, 0.25) is 15.1 Å². The van der Waals surface area contributed by atoms with Crippen LogP contribution in [0.3, 0.4) is 0 Å². The van der Waals surface area contributed by atoms with Crippen molar-refractivity contribution in [3.63, 3.8) is 0 Å². The minimum Gasteiger partial charge on any atom is -0.478 e. The van der Waals surface area contributed by atoms with Gasteiger partial charge in [-0.15, -0.1) is 0 Å². The van der Waals surface area contributed by atoms with Crippen molar-refractivity contribution in [1.82, 2.24) is 0 Å². The number of rotatable bonds is 3. The first-order valence-electron chi connectivity index (χ1n) is 5.67. The number of anilines is 1. The average molecular weight is 345 g/mol. The Morgan fingerprint density at radius 3 is 2.14 bits per heavy atom. The number of carbonyl (C=O) groups excluding carboxylic acids is 1. The van der Waals surface area contributed by atoms with Crippen LogP contribution in [-0.4, -0.2) is 17.0 Å². The summed E-state index contributed by atoms with van der Waals surface area (Å²) in [7, 11) is 0. The van der Waals surface area contributed by atoms with Crippen LogP contribution in [0.1, 0.15) is 20.7 Å². The molecular formula is C14H8Cl3NO3. The van der Waals surface area contributed by atoms with Gasteiger partial charge >= 0.3 is 5.97 Å². The van der Waals surface area contributed by atoms with Crippen molar-refractivity contribution >= 4 is 52.4 Å². The van der Waals surface area contributed by atoms with E-state index in [-0.39, 0.29) is 21.3 Å². The van der Waals surface area contributed by atoms with Crippen molar-refractivity contribution in [3.8, 4) is 0 Å². The topological polar surface area (TPSA) is 66.4 Å². The van der Waals surface area contributed by atoms with Crippen LogP contribution < -0.4 is 5.32 Å². The molecule has 2 rings (SSSR count). The molecule has 0 bridgehead atoms. The molecule has 0 saturated heterocycles. The third kappa shape index (κ3) is 3.67. The van der Waals surface area contributed by atoms with Gasteiger partial charge < -0.3 is 10.4 Å². The maximum atomic E-state index is 12.1. The molecule has 0 fully saturated rings. The van der Waals surface area contributed by atoms with Gasteiger partial charge in [0, 0.05) is 10.6 Å². The van der Waals surface area contributed by atoms with Gasteiger partial charge in [-0.3, -0.25) is 4.79 Å². The normalized spacial score (nSPS) is 10.2. The first kappa shape index (κ1) is 15.6. The summed E-state index contributed by atoms with van der Waals surface area (Å²) in [6.45, 7) is 0. The van der Waals surface area contributed by atoms with E-state index in [4.69, 9.17) is 39.9 Å². The number of hydrogen-bond donors (Lipinski definition) is 2. The van der Waals surface area contributed by atoms with E-state index in [2.05, 4.69) is 5.32 Å². The lowest BCUT2D eigenvalue weighted by Gasteiger charge is -2.09. The molecule has 0 unspecified atom stereocenters. The highest BCUT2D eigenvalue weighted by Crippen LogP contribution is 2.29. The molecule has 108 valence electrons. The number of carboxylic acid groups (broad SMARTS) is 1. The molecule has 0 aliphatic heterocycles. The van der Waals surface area contributed by atoms with Gasteiger partial charge in [-0.2, -0.15) is 0 Å². The van der Waals surface area contributed by atoms with Crippen molar-refractivity contribution < 1.29 is 14.7 Å². The fourth-order valence-electron chi connectivity index (χ4n) is 1.60. The third-order valence-corrected chi connectivity index (χ3v) is 3.52. The Kier molecular flexibility index (Phi) is 4.73. The highest BCUT2D eigenvalue weighted by molar-refractivity contribution is 6.38. The van der Waals surface area contributed by atoms with Gasteiger partial charge in [0.05, 0.1) is 21.3 Å². The smallest absolute Gasteiger partial charge is 0.337 e. The number of hydrogen-bond acceptors (Lipinski definition) is 2. The first-order chi connectivity index (χ1) is 9.88. The van der Waals surface area contributed by atoms with Crippen molar-refractivity contribution in [1.29, 1.82) is 0 Å². The molecule has 2 aromatic rings. The Hall–Kier alpha value is -1.75. The summed E-state index contributed by atoms with van der Waals surface area (Å²) in [6, 6.07) is 8.70. The summed E-state index contributed by atoms with van der Waals surface area (Å²) in [5, 5.41) is 12.2. The van der Waals surface area contributed by atoms with E-state index in [1.165, 1.54) is 12.1 Å². The van der Waals surface area contributed by atoms with E-state index in [1.54, 1.807) is 24.3 Å². The fraction of sp³-hybridized carbons (Fsp3) is 0. The Bertz CT molecular complexity index is 714. The monoisotopic (exact) mass is 343 g/mol. The molecule has 2 aromatic carbocycles. The highest BCUT2D eigenvalue weighted by Gasteiger charge is 2.15. The summed E-state index contributed by atoms with van der Waals surface area (Å²) in [6.07, 6.45) is 0. The largest absolute Gasteiger partial charge is 0.478 e. The molecule has 7 heteroatoms. The SMILES string of the molecule is O=C(Nc1cc(C(=O)O)c(Cl)cc1Cl)c1ccc(Cl)cc1. The predicted octanol–water partition coefficient (Wildman–Crippen LogP) is 4.60. The van der Waals surface area contributed by atoms with Gasteiger partial charge in [-0.05, 0) is 36.4 Å². The standard InChI is InChI=1S/C14H8Cl3NO3/c15-8-3-1-7(2-4-8)13(19)18-12-5-9(14(20)21)10(16)6-11(12)17/h1-6H,(H,18,19)(H,20,21). The van der Waals surface area contributed by atoms with Crippen LogP contribution in [0.5, 0.6) is 0 Å². The predicted molar refractivity (Wildman–Crippen MR) is 82.8 cm³/mol. The van der Waals surface area contributed by atoms with E-state index in [9.17, 15) is 9.59 Å². The zero-order valence-electron chi connectivity index (χ0n) is 10.4. The minimum atomic E-state index is -1.21. The second kappa shape index (κ2) is 6.35. The van der Waals surface area contributed by atoms with Gasteiger partial charge in [0.1, 0.15) is 0 Å².